The number of ether oxygens (including phenoxy) is 8. The van der Waals surface area contributed by atoms with Crippen LogP contribution in [-0.4, -0.2) is 76.7 Å². The van der Waals surface area contributed by atoms with Crippen LogP contribution >= 0.6 is 0 Å². The van der Waals surface area contributed by atoms with E-state index < -0.39 is 23.9 Å². The van der Waals surface area contributed by atoms with E-state index in [1.54, 1.807) is 48.6 Å². The van der Waals surface area contributed by atoms with Crippen LogP contribution in [-0.2, 0) is 38.1 Å². The fraction of sp³-hybridized carbons (Fsp3) is 0.235. The van der Waals surface area contributed by atoms with Crippen LogP contribution in [0.25, 0.3) is 12.2 Å². The zero-order valence-corrected chi connectivity index (χ0v) is 25.3. The fourth-order valence-corrected chi connectivity index (χ4v) is 3.34. The number of carbonyl (C=O) groups excluding carboxylic acids is 4. The van der Waals surface area contributed by atoms with Crippen molar-refractivity contribution in [3.05, 3.63) is 98.1 Å². The summed E-state index contributed by atoms with van der Waals surface area (Å²) in [5, 5.41) is 0. The third-order valence-electron chi connectivity index (χ3n) is 5.44. The van der Waals surface area contributed by atoms with Gasteiger partial charge in [0.1, 0.15) is 75.9 Å². The van der Waals surface area contributed by atoms with Crippen molar-refractivity contribution in [2.75, 3.05) is 52.9 Å². The number of benzene rings is 2. The van der Waals surface area contributed by atoms with Crippen LogP contribution in [0.5, 0.6) is 23.0 Å². The summed E-state index contributed by atoms with van der Waals surface area (Å²) in [6, 6.07) is 10.2. The molecular formula is C34H36O12. The van der Waals surface area contributed by atoms with Crippen LogP contribution in [0.4, 0.5) is 0 Å². The zero-order valence-electron chi connectivity index (χ0n) is 25.3. The van der Waals surface area contributed by atoms with Gasteiger partial charge >= 0.3 is 23.9 Å². The van der Waals surface area contributed by atoms with Gasteiger partial charge in [0.2, 0.25) is 0 Å². The van der Waals surface area contributed by atoms with Gasteiger partial charge in [0, 0.05) is 47.6 Å². The van der Waals surface area contributed by atoms with Crippen molar-refractivity contribution >= 4 is 36.0 Å². The lowest BCUT2D eigenvalue weighted by Gasteiger charge is -2.14. The van der Waals surface area contributed by atoms with E-state index in [-0.39, 0.29) is 52.9 Å². The maximum Gasteiger partial charge on any atom is 0.330 e. The Morgan fingerprint density at radius 3 is 1.07 bits per heavy atom. The molecule has 2 aromatic rings. The minimum atomic E-state index is -0.577. The predicted molar refractivity (Wildman–Crippen MR) is 168 cm³/mol. The van der Waals surface area contributed by atoms with Crippen LogP contribution in [0, 0.1) is 0 Å². The quantitative estimate of drug-likeness (QED) is 0.0598. The highest BCUT2D eigenvalue weighted by atomic mass is 16.6. The number of hydrogen-bond donors (Lipinski definition) is 0. The van der Waals surface area contributed by atoms with Gasteiger partial charge in [0.15, 0.2) is 0 Å². The van der Waals surface area contributed by atoms with Gasteiger partial charge in [-0.15, -0.1) is 0 Å². The molecule has 12 nitrogen and oxygen atoms in total. The maximum atomic E-state index is 11.4. The van der Waals surface area contributed by atoms with E-state index in [1.165, 1.54) is 0 Å². The Hall–Kier alpha value is -5.78. The second-order valence-corrected chi connectivity index (χ2v) is 8.61. The Kier molecular flexibility index (Phi) is 16.6. The zero-order chi connectivity index (χ0) is 33.6. The van der Waals surface area contributed by atoms with Crippen molar-refractivity contribution in [3.63, 3.8) is 0 Å². The second kappa shape index (κ2) is 21.0. The standard InChI is InChI=1S/C34H36O12/c1-5-31(35)43-19-15-39-27-13-11-25(29(23-27)41-17-21-45-33(37)7-3)9-10-26-12-14-28(40-16-20-44-32(36)6-2)24-30(26)42-18-22-46-34(38)8-4/h5-14,23-24H,1-4,15-22H2/b10-9+. The van der Waals surface area contributed by atoms with Gasteiger partial charge in [-0.2, -0.15) is 0 Å². The molecule has 0 amide bonds. The van der Waals surface area contributed by atoms with Crippen LogP contribution in [0.15, 0.2) is 87.0 Å². The SMILES string of the molecule is C=CC(=O)OCCOc1ccc(/C=C/c2ccc(OCCOC(=O)C=C)cc2OCCOC(=O)C=C)c(OCCOC(=O)C=C)c1. The molecule has 0 saturated heterocycles. The summed E-state index contributed by atoms with van der Waals surface area (Å²) in [6.07, 6.45) is 7.78. The molecule has 0 heterocycles. The highest BCUT2D eigenvalue weighted by molar-refractivity contribution is 5.82. The molecule has 46 heavy (non-hydrogen) atoms. The summed E-state index contributed by atoms with van der Waals surface area (Å²) in [5.41, 5.74) is 1.30. The van der Waals surface area contributed by atoms with Crippen molar-refractivity contribution in [2.45, 2.75) is 0 Å². The molecule has 0 unspecified atom stereocenters. The number of carbonyl (C=O) groups is 4. The Morgan fingerprint density at radius 1 is 0.457 bits per heavy atom. The molecule has 0 aliphatic rings. The van der Waals surface area contributed by atoms with E-state index in [0.717, 1.165) is 24.3 Å². The Morgan fingerprint density at radius 2 is 0.761 bits per heavy atom. The monoisotopic (exact) mass is 636 g/mol. The van der Waals surface area contributed by atoms with Crippen LogP contribution in [0.3, 0.4) is 0 Å². The molecule has 12 heteroatoms. The van der Waals surface area contributed by atoms with E-state index in [0.29, 0.717) is 34.1 Å². The molecule has 0 aliphatic heterocycles. The molecular weight excluding hydrogens is 600 g/mol. The van der Waals surface area contributed by atoms with E-state index >= 15 is 0 Å². The molecule has 0 bridgehead atoms. The molecule has 0 spiro atoms. The lowest BCUT2D eigenvalue weighted by molar-refractivity contribution is -0.139. The van der Waals surface area contributed by atoms with E-state index in [4.69, 9.17) is 37.9 Å². The van der Waals surface area contributed by atoms with Gasteiger partial charge in [0.25, 0.3) is 0 Å². The van der Waals surface area contributed by atoms with Crippen molar-refractivity contribution in [2.24, 2.45) is 0 Å². The maximum absolute atomic E-state index is 11.4. The van der Waals surface area contributed by atoms with Crippen LogP contribution in [0.2, 0.25) is 0 Å². The van der Waals surface area contributed by atoms with Gasteiger partial charge in [0.05, 0.1) is 0 Å². The molecule has 0 aliphatic carbocycles. The fourth-order valence-electron chi connectivity index (χ4n) is 3.34. The predicted octanol–water partition coefficient (Wildman–Crippen LogP) is 4.29. The first-order chi connectivity index (χ1) is 22.3. The molecule has 244 valence electrons. The smallest absolute Gasteiger partial charge is 0.330 e. The average Bonchev–Trinajstić information content (AvgIpc) is 3.08. The number of hydrogen-bond acceptors (Lipinski definition) is 12. The molecule has 0 atom stereocenters. The van der Waals surface area contributed by atoms with Crippen molar-refractivity contribution in [1.29, 1.82) is 0 Å². The van der Waals surface area contributed by atoms with E-state index in [9.17, 15) is 19.2 Å². The summed E-state index contributed by atoms with van der Waals surface area (Å²) in [7, 11) is 0. The first kappa shape index (κ1) is 36.4. The van der Waals surface area contributed by atoms with Crippen LogP contribution < -0.4 is 18.9 Å². The van der Waals surface area contributed by atoms with Crippen molar-refractivity contribution < 1.29 is 57.1 Å². The molecule has 0 fully saturated rings. The third kappa shape index (κ3) is 14.1. The summed E-state index contributed by atoms with van der Waals surface area (Å²) in [4.78, 5) is 45.3. The highest BCUT2D eigenvalue weighted by Gasteiger charge is 2.09. The van der Waals surface area contributed by atoms with Crippen molar-refractivity contribution in [1.82, 2.24) is 0 Å². The van der Waals surface area contributed by atoms with Gasteiger partial charge < -0.3 is 37.9 Å². The van der Waals surface area contributed by atoms with Gasteiger partial charge in [-0.1, -0.05) is 38.5 Å². The Balaban J connectivity index is 2.24. The molecule has 0 saturated carbocycles. The third-order valence-corrected chi connectivity index (χ3v) is 5.44. The van der Waals surface area contributed by atoms with Crippen molar-refractivity contribution in [3.8, 4) is 23.0 Å². The van der Waals surface area contributed by atoms with E-state index in [1.807, 2.05) is 0 Å². The Bertz CT molecular complexity index is 1300. The minimum Gasteiger partial charge on any atom is -0.490 e. The second-order valence-electron chi connectivity index (χ2n) is 8.61. The first-order valence-electron chi connectivity index (χ1n) is 13.9. The summed E-state index contributed by atoms with van der Waals surface area (Å²) >= 11 is 0. The van der Waals surface area contributed by atoms with Gasteiger partial charge in [-0.3, -0.25) is 0 Å². The molecule has 2 aromatic carbocycles. The largest absolute Gasteiger partial charge is 0.490 e. The number of rotatable bonds is 22. The van der Waals surface area contributed by atoms with Gasteiger partial charge in [-0.25, -0.2) is 19.2 Å². The summed E-state index contributed by atoms with van der Waals surface area (Å²) in [5.74, 6) is -0.544. The van der Waals surface area contributed by atoms with Crippen LogP contribution in [0.1, 0.15) is 11.1 Å². The topological polar surface area (TPSA) is 142 Å². The van der Waals surface area contributed by atoms with Gasteiger partial charge in [-0.05, 0) is 24.3 Å². The molecule has 2 rings (SSSR count). The molecule has 0 N–H and O–H groups in total. The lowest BCUT2D eigenvalue weighted by Crippen LogP contribution is -2.12. The highest BCUT2D eigenvalue weighted by Crippen LogP contribution is 2.30. The summed E-state index contributed by atoms with van der Waals surface area (Å²) in [6.45, 7) is 13.7. The Labute approximate surface area is 267 Å². The minimum absolute atomic E-state index is 0.0146. The van der Waals surface area contributed by atoms with E-state index in [2.05, 4.69) is 26.3 Å². The molecule has 0 aromatic heterocycles. The first-order valence-corrected chi connectivity index (χ1v) is 13.9. The average molecular weight is 637 g/mol. The molecule has 0 radical (unpaired) electrons. The summed E-state index contributed by atoms with van der Waals surface area (Å²) < 4.78 is 42.9. The normalized spacial score (nSPS) is 10.2. The number of esters is 4. The lowest BCUT2D eigenvalue weighted by atomic mass is 10.1.